The molecule has 23 heavy (non-hydrogen) atoms. The fraction of sp³-hybridized carbons (Fsp3) is 0.278. The number of anilines is 1. The minimum Gasteiger partial charge on any atom is -0.494 e. The van der Waals surface area contributed by atoms with Crippen molar-refractivity contribution in [2.75, 3.05) is 18.2 Å². The van der Waals surface area contributed by atoms with Crippen LogP contribution >= 0.6 is 11.8 Å². The largest absolute Gasteiger partial charge is 0.494 e. The number of hydrogen-bond acceptors (Lipinski definition) is 4. The summed E-state index contributed by atoms with van der Waals surface area (Å²) >= 11 is 1.50. The molecule has 1 atom stereocenters. The van der Waals surface area contributed by atoms with Gasteiger partial charge in [-0.2, -0.15) is 11.8 Å². The second-order valence-electron chi connectivity index (χ2n) is 4.87. The van der Waals surface area contributed by atoms with E-state index in [1.807, 2.05) is 68.6 Å². The lowest BCUT2D eigenvalue weighted by Gasteiger charge is -2.14. The monoisotopic (exact) mass is 331 g/mol. The van der Waals surface area contributed by atoms with Crippen molar-refractivity contribution in [2.24, 2.45) is 0 Å². The van der Waals surface area contributed by atoms with Crippen molar-refractivity contribution in [3.8, 4) is 17.2 Å². The highest BCUT2D eigenvalue weighted by atomic mass is 32.2. The molecule has 0 fully saturated rings. The van der Waals surface area contributed by atoms with Crippen molar-refractivity contribution in [1.82, 2.24) is 0 Å². The fourth-order valence-electron chi connectivity index (χ4n) is 1.90. The molecule has 2 aromatic rings. The maximum atomic E-state index is 12.1. The van der Waals surface area contributed by atoms with Crippen LogP contribution < -0.4 is 14.8 Å². The van der Waals surface area contributed by atoms with Crippen LogP contribution in [-0.4, -0.2) is 24.0 Å². The first kappa shape index (κ1) is 17.2. The quantitative estimate of drug-likeness (QED) is 0.807. The Morgan fingerprint density at radius 3 is 2.43 bits per heavy atom. The Balaban J connectivity index is 2.12. The van der Waals surface area contributed by atoms with Gasteiger partial charge in [0.05, 0.1) is 17.5 Å². The van der Waals surface area contributed by atoms with Gasteiger partial charge < -0.3 is 14.8 Å². The number of ether oxygens (including phenoxy) is 2. The van der Waals surface area contributed by atoms with Crippen LogP contribution in [0.2, 0.25) is 0 Å². The highest BCUT2D eigenvalue weighted by Gasteiger charge is 2.14. The van der Waals surface area contributed by atoms with Gasteiger partial charge in [-0.3, -0.25) is 4.79 Å². The molecule has 0 heterocycles. The van der Waals surface area contributed by atoms with E-state index < -0.39 is 0 Å². The van der Waals surface area contributed by atoms with Gasteiger partial charge in [0.2, 0.25) is 5.91 Å². The SMILES string of the molecule is CCOc1ccc(Oc2ccccc2NC(=O)C(C)SC)cc1. The van der Waals surface area contributed by atoms with Gasteiger partial charge in [-0.15, -0.1) is 0 Å². The van der Waals surface area contributed by atoms with Crippen molar-refractivity contribution in [3.63, 3.8) is 0 Å². The summed E-state index contributed by atoms with van der Waals surface area (Å²) in [5, 5.41) is 2.79. The molecule has 0 bridgehead atoms. The third-order valence-electron chi connectivity index (χ3n) is 3.23. The van der Waals surface area contributed by atoms with Gasteiger partial charge in [0.25, 0.3) is 0 Å². The Hall–Kier alpha value is -2.14. The summed E-state index contributed by atoms with van der Waals surface area (Å²) in [4.78, 5) is 12.1. The summed E-state index contributed by atoms with van der Waals surface area (Å²) in [6.45, 7) is 4.44. The van der Waals surface area contributed by atoms with Gasteiger partial charge in [-0.25, -0.2) is 0 Å². The summed E-state index contributed by atoms with van der Waals surface area (Å²) in [6.07, 6.45) is 1.91. The topological polar surface area (TPSA) is 47.6 Å². The molecule has 0 aliphatic rings. The molecule has 0 spiro atoms. The molecule has 0 aliphatic carbocycles. The van der Waals surface area contributed by atoms with Gasteiger partial charge in [0.1, 0.15) is 11.5 Å². The number of nitrogens with one attached hydrogen (secondary N) is 1. The Kier molecular flexibility index (Phi) is 6.35. The lowest BCUT2D eigenvalue weighted by molar-refractivity contribution is -0.115. The van der Waals surface area contributed by atoms with Crippen LogP contribution in [-0.2, 0) is 4.79 Å². The van der Waals surface area contributed by atoms with Crippen LogP contribution in [0, 0.1) is 0 Å². The van der Waals surface area contributed by atoms with Crippen LogP contribution in [0.25, 0.3) is 0 Å². The Bertz CT molecular complexity index is 643. The van der Waals surface area contributed by atoms with E-state index >= 15 is 0 Å². The van der Waals surface area contributed by atoms with Gasteiger partial charge in [0.15, 0.2) is 5.75 Å². The summed E-state index contributed by atoms with van der Waals surface area (Å²) in [6, 6.07) is 14.8. The van der Waals surface area contributed by atoms with Gasteiger partial charge in [-0.1, -0.05) is 12.1 Å². The predicted octanol–water partition coefficient (Wildman–Crippen LogP) is 4.57. The lowest BCUT2D eigenvalue weighted by atomic mass is 10.2. The van der Waals surface area contributed by atoms with Crippen molar-refractivity contribution in [3.05, 3.63) is 48.5 Å². The number of thioether (sulfide) groups is 1. The Labute approximate surface area is 141 Å². The van der Waals surface area contributed by atoms with E-state index in [9.17, 15) is 4.79 Å². The molecule has 0 aliphatic heterocycles. The molecule has 1 N–H and O–H groups in total. The minimum atomic E-state index is -0.117. The summed E-state index contributed by atoms with van der Waals surface area (Å²) in [5.74, 6) is 2.06. The van der Waals surface area contributed by atoms with Gasteiger partial charge in [0, 0.05) is 0 Å². The van der Waals surface area contributed by atoms with E-state index in [1.54, 1.807) is 0 Å². The van der Waals surface area contributed by atoms with Crippen molar-refractivity contribution < 1.29 is 14.3 Å². The zero-order valence-corrected chi connectivity index (χ0v) is 14.4. The van der Waals surface area contributed by atoms with E-state index in [1.165, 1.54) is 11.8 Å². The van der Waals surface area contributed by atoms with Gasteiger partial charge >= 0.3 is 0 Å². The van der Waals surface area contributed by atoms with E-state index in [0.717, 1.165) is 5.75 Å². The van der Waals surface area contributed by atoms with Crippen LogP contribution in [0.5, 0.6) is 17.2 Å². The first-order valence-corrected chi connectivity index (χ1v) is 8.76. The minimum absolute atomic E-state index is 0.0414. The lowest BCUT2D eigenvalue weighted by Crippen LogP contribution is -2.22. The number of hydrogen-bond donors (Lipinski definition) is 1. The van der Waals surface area contributed by atoms with E-state index in [-0.39, 0.29) is 11.2 Å². The Morgan fingerprint density at radius 2 is 1.78 bits per heavy atom. The molecule has 0 saturated carbocycles. The summed E-state index contributed by atoms with van der Waals surface area (Å²) < 4.78 is 11.3. The maximum absolute atomic E-state index is 12.1. The van der Waals surface area contributed by atoms with Gasteiger partial charge in [-0.05, 0) is 56.5 Å². The zero-order valence-electron chi connectivity index (χ0n) is 13.5. The third-order valence-corrected chi connectivity index (χ3v) is 4.15. The first-order chi connectivity index (χ1) is 11.1. The number of para-hydroxylation sites is 2. The number of amides is 1. The molecule has 2 aromatic carbocycles. The second kappa shape index (κ2) is 8.48. The molecule has 0 saturated heterocycles. The average Bonchev–Trinajstić information content (AvgIpc) is 2.57. The molecule has 1 amide bonds. The second-order valence-corrected chi connectivity index (χ2v) is 6.05. The van der Waals surface area contributed by atoms with Crippen molar-refractivity contribution in [2.45, 2.75) is 19.1 Å². The zero-order chi connectivity index (χ0) is 16.7. The average molecular weight is 331 g/mol. The molecular weight excluding hydrogens is 310 g/mol. The van der Waals surface area contributed by atoms with Crippen molar-refractivity contribution in [1.29, 1.82) is 0 Å². The molecule has 0 radical (unpaired) electrons. The molecule has 0 aromatic heterocycles. The predicted molar refractivity (Wildman–Crippen MR) is 95.7 cm³/mol. The smallest absolute Gasteiger partial charge is 0.237 e. The molecule has 2 rings (SSSR count). The molecule has 1 unspecified atom stereocenters. The van der Waals surface area contributed by atoms with Crippen molar-refractivity contribution >= 4 is 23.4 Å². The van der Waals surface area contributed by atoms with E-state index in [2.05, 4.69) is 5.32 Å². The first-order valence-electron chi connectivity index (χ1n) is 7.47. The number of carbonyl (C=O) groups is 1. The maximum Gasteiger partial charge on any atom is 0.237 e. The molecular formula is C18H21NO3S. The Morgan fingerprint density at radius 1 is 1.13 bits per heavy atom. The van der Waals surface area contributed by atoms with Crippen LogP contribution in [0.1, 0.15) is 13.8 Å². The number of carbonyl (C=O) groups excluding carboxylic acids is 1. The van der Waals surface area contributed by atoms with Crippen LogP contribution in [0.4, 0.5) is 5.69 Å². The molecule has 4 nitrogen and oxygen atoms in total. The number of benzene rings is 2. The highest BCUT2D eigenvalue weighted by molar-refractivity contribution is 7.99. The van der Waals surface area contributed by atoms with Crippen LogP contribution in [0.3, 0.4) is 0 Å². The summed E-state index contributed by atoms with van der Waals surface area (Å²) in [5.41, 5.74) is 0.660. The molecule has 5 heteroatoms. The fourth-order valence-corrected chi connectivity index (χ4v) is 2.17. The number of rotatable bonds is 7. The van der Waals surface area contributed by atoms with Crippen LogP contribution in [0.15, 0.2) is 48.5 Å². The highest BCUT2D eigenvalue weighted by Crippen LogP contribution is 2.30. The molecule has 122 valence electrons. The van der Waals surface area contributed by atoms with E-state index in [0.29, 0.717) is 23.8 Å². The third kappa shape index (κ3) is 4.93. The summed E-state index contributed by atoms with van der Waals surface area (Å²) in [7, 11) is 0. The standard InChI is InChI=1S/C18H21NO3S/c1-4-21-14-9-11-15(12-10-14)22-17-8-6-5-7-16(17)19-18(20)13(2)23-3/h5-13H,4H2,1-3H3,(H,19,20). The van der Waals surface area contributed by atoms with E-state index in [4.69, 9.17) is 9.47 Å². The normalized spacial score (nSPS) is 11.6.